The molecule has 3 rings (SSSR count). The van der Waals surface area contributed by atoms with Crippen LogP contribution in [0.15, 0.2) is 54.6 Å². The minimum absolute atomic E-state index is 0.0457. The van der Waals surface area contributed by atoms with Gasteiger partial charge in [0.2, 0.25) is 5.91 Å². The van der Waals surface area contributed by atoms with E-state index in [1.165, 1.54) is 0 Å². The van der Waals surface area contributed by atoms with Gasteiger partial charge in [0.05, 0.1) is 24.1 Å². The van der Waals surface area contributed by atoms with Crippen LogP contribution >= 0.6 is 0 Å². The second-order valence-electron chi connectivity index (χ2n) is 10.2. The lowest BCUT2D eigenvalue weighted by molar-refractivity contribution is -0.124. The van der Waals surface area contributed by atoms with Crippen LogP contribution < -0.4 is 21.3 Å². The van der Waals surface area contributed by atoms with Crippen molar-refractivity contribution in [2.75, 3.05) is 13.1 Å². The van der Waals surface area contributed by atoms with Crippen LogP contribution in [0, 0.1) is 11.8 Å². The van der Waals surface area contributed by atoms with Crippen molar-refractivity contribution in [2.24, 2.45) is 11.8 Å². The Hall–Kier alpha value is -3.60. The smallest absolute Gasteiger partial charge is 0.405 e. The van der Waals surface area contributed by atoms with Gasteiger partial charge in [-0.1, -0.05) is 61.5 Å². The molecule has 6 N–H and O–H groups in total. The van der Waals surface area contributed by atoms with E-state index in [0.717, 1.165) is 17.1 Å². The van der Waals surface area contributed by atoms with E-state index < -0.39 is 36.2 Å². The fourth-order valence-corrected chi connectivity index (χ4v) is 4.97. The molecule has 3 unspecified atom stereocenters. The van der Waals surface area contributed by atoms with E-state index >= 15 is 0 Å². The van der Waals surface area contributed by atoms with Gasteiger partial charge in [-0.25, -0.2) is 4.79 Å². The van der Waals surface area contributed by atoms with Crippen LogP contribution in [0.25, 0.3) is 10.8 Å². The quantitative estimate of drug-likeness (QED) is 0.148. The third-order valence-electron chi connectivity index (χ3n) is 7.06. The van der Waals surface area contributed by atoms with Gasteiger partial charge in [-0.15, -0.1) is 0 Å². The van der Waals surface area contributed by atoms with E-state index in [2.05, 4.69) is 21.3 Å². The molecule has 1 heterocycles. The van der Waals surface area contributed by atoms with Crippen molar-refractivity contribution >= 4 is 35.3 Å². The van der Waals surface area contributed by atoms with Gasteiger partial charge < -0.3 is 35.8 Å². The summed E-state index contributed by atoms with van der Waals surface area (Å²) in [6, 6.07) is 10.6. The molecule has 1 saturated heterocycles. The Morgan fingerprint density at radius 2 is 1.85 bits per heavy atom. The van der Waals surface area contributed by atoms with Crippen LogP contribution in [-0.2, 0) is 14.4 Å². The molecule has 0 bridgehead atoms. The first-order valence-corrected chi connectivity index (χ1v) is 13.2. The molecule has 0 radical (unpaired) electrons. The maximum Gasteiger partial charge on any atom is 0.405 e. The summed E-state index contributed by atoms with van der Waals surface area (Å²) in [5, 5.41) is 32.9. The number of carbonyl (C=O) groups is 4. The first-order valence-electron chi connectivity index (χ1n) is 13.2. The number of amides is 2. The van der Waals surface area contributed by atoms with Crippen molar-refractivity contribution in [2.45, 2.75) is 57.0 Å². The van der Waals surface area contributed by atoms with E-state index in [1.807, 2.05) is 62.4 Å². The molecule has 39 heavy (non-hydrogen) atoms. The molecular formula is C29H38N4O6. The Morgan fingerprint density at radius 3 is 2.51 bits per heavy atom. The van der Waals surface area contributed by atoms with Gasteiger partial charge in [0.1, 0.15) is 18.6 Å². The number of carbonyl (C=O) groups excluding carboxylic acids is 3. The van der Waals surface area contributed by atoms with Crippen molar-refractivity contribution in [3.8, 4) is 0 Å². The molecule has 7 atom stereocenters. The highest BCUT2D eigenvalue weighted by Gasteiger charge is 2.30. The minimum Gasteiger partial charge on any atom is -0.465 e. The van der Waals surface area contributed by atoms with Crippen LogP contribution in [0.5, 0.6) is 0 Å². The lowest BCUT2D eigenvalue weighted by Gasteiger charge is -2.29. The van der Waals surface area contributed by atoms with Crippen LogP contribution in [0.1, 0.15) is 38.3 Å². The lowest BCUT2D eigenvalue weighted by atomic mass is 9.92. The van der Waals surface area contributed by atoms with Crippen LogP contribution in [0.2, 0.25) is 0 Å². The molecule has 2 aromatic rings. The molecule has 2 aromatic carbocycles. The monoisotopic (exact) mass is 538 g/mol. The predicted molar refractivity (Wildman–Crippen MR) is 148 cm³/mol. The van der Waals surface area contributed by atoms with Crippen molar-refractivity contribution in [1.29, 1.82) is 0 Å². The summed E-state index contributed by atoms with van der Waals surface area (Å²) in [5.41, 5.74) is 0.713. The average Bonchev–Trinajstić information content (AvgIpc) is 3.37. The molecule has 0 spiro atoms. The highest BCUT2D eigenvalue weighted by Crippen LogP contribution is 2.27. The third kappa shape index (κ3) is 8.44. The van der Waals surface area contributed by atoms with Gasteiger partial charge in [-0.3, -0.25) is 10.1 Å². The molecule has 10 heteroatoms. The minimum atomic E-state index is -1.33. The highest BCUT2D eigenvalue weighted by molar-refractivity contribution is 5.87. The van der Waals surface area contributed by atoms with Gasteiger partial charge in [-0.2, -0.15) is 0 Å². The number of aliphatic hydroxyl groups excluding tert-OH is 1. The van der Waals surface area contributed by atoms with Crippen molar-refractivity contribution in [1.82, 2.24) is 21.3 Å². The highest BCUT2D eigenvalue weighted by atomic mass is 16.4. The number of benzene rings is 2. The van der Waals surface area contributed by atoms with Gasteiger partial charge >= 0.3 is 6.09 Å². The normalized spacial score (nSPS) is 20.1. The molecule has 0 aromatic heterocycles. The van der Waals surface area contributed by atoms with Gasteiger partial charge in [0.15, 0.2) is 0 Å². The molecule has 1 fully saturated rings. The molecular weight excluding hydrogens is 500 g/mol. The topological polar surface area (TPSA) is 157 Å². The average molecular weight is 539 g/mol. The number of carboxylic acid groups (broad SMARTS) is 1. The first kappa shape index (κ1) is 29.9. The molecule has 210 valence electrons. The fraction of sp³-hybridized carbons (Fsp3) is 0.448. The van der Waals surface area contributed by atoms with Crippen LogP contribution in [0.3, 0.4) is 0 Å². The fourth-order valence-electron chi connectivity index (χ4n) is 4.97. The summed E-state index contributed by atoms with van der Waals surface area (Å²) in [5.74, 6) is -0.511. The number of aliphatic hydroxyl groups is 1. The third-order valence-corrected chi connectivity index (χ3v) is 7.06. The Morgan fingerprint density at radius 1 is 1.10 bits per heavy atom. The molecule has 1 aliphatic rings. The van der Waals surface area contributed by atoms with E-state index in [-0.39, 0.29) is 17.9 Å². The van der Waals surface area contributed by atoms with Crippen LogP contribution in [0.4, 0.5) is 4.79 Å². The Kier molecular flexibility index (Phi) is 11.2. The SMILES string of the molecule is CC(/C=C/[C@H](O)[C@@H]1CCNC1=O)NC[C@@H](C)CC(C=O)N[C@@H](c1cccc2ccccc12)C(C=O)NC(=O)O. The van der Waals surface area contributed by atoms with E-state index in [9.17, 15) is 29.4 Å². The number of hydrogen-bond acceptors (Lipinski definition) is 7. The lowest BCUT2D eigenvalue weighted by Crippen LogP contribution is -2.49. The van der Waals surface area contributed by atoms with E-state index in [1.54, 1.807) is 6.08 Å². The number of aldehydes is 2. The van der Waals surface area contributed by atoms with Crippen molar-refractivity contribution in [3.63, 3.8) is 0 Å². The van der Waals surface area contributed by atoms with Gasteiger partial charge in [-0.05, 0) is 48.6 Å². The second kappa shape index (κ2) is 14.5. The predicted octanol–water partition coefficient (Wildman–Crippen LogP) is 1.93. The summed E-state index contributed by atoms with van der Waals surface area (Å²) >= 11 is 0. The maximum absolute atomic E-state index is 12.1. The summed E-state index contributed by atoms with van der Waals surface area (Å²) in [6.45, 7) is 5.07. The van der Waals surface area contributed by atoms with Crippen molar-refractivity contribution < 1.29 is 29.4 Å². The molecule has 1 aliphatic heterocycles. The van der Waals surface area contributed by atoms with E-state index in [0.29, 0.717) is 37.8 Å². The molecule has 10 nitrogen and oxygen atoms in total. The summed E-state index contributed by atoms with van der Waals surface area (Å²) in [7, 11) is 0. The zero-order valence-corrected chi connectivity index (χ0v) is 22.2. The van der Waals surface area contributed by atoms with Gasteiger partial charge in [0, 0.05) is 12.6 Å². The molecule has 2 amide bonds. The summed E-state index contributed by atoms with van der Waals surface area (Å²) in [4.78, 5) is 47.2. The first-order chi connectivity index (χ1) is 18.7. The second-order valence-corrected chi connectivity index (χ2v) is 10.2. The zero-order chi connectivity index (χ0) is 28.4. The number of hydrogen-bond donors (Lipinski definition) is 6. The Bertz CT molecular complexity index is 1170. The largest absolute Gasteiger partial charge is 0.465 e. The van der Waals surface area contributed by atoms with Gasteiger partial charge in [0.25, 0.3) is 0 Å². The van der Waals surface area contributed by atoms with Crippen molar-refractivity contribution in [3.05, 3.63) is 60.2 Å². The maximum atomic E-state index is 12.1. The standard InChI is InChI=1S/C29H38N4O6/c1-18(15-31-19(2)10-11-26(36)24-12-13-30-28(24)37)14-21(16-34)32-27(25(17-35)33-29(38)39)23-9-5-7-20-6-3-4-8-22(20)23/h3-11,16-19,21,24-27,31-33,36H,12-15H2,1-2H3,(H,30,37)(H,38,39)/b11-10+/t18-,19?,21?,24-,25?,26-,27-/m0/s1. The molecule has 0 saturated carbocycles. The van der Waals surface area contributed by atoms with Crippen LogP contribution in [-0.4, -0.2) is 72.1 Å². The van der Waals surface area contributed by atoms with E-state index in [4.69, 9.17) is 0 Å². The summed E-state index contributed by atoms with van der Waals surface area (Å²) < 4.78 is 0. The summed E-state index contributed by atoms with van der Waals surface area (Å²) in [6.07, 6.45) is 3.66. The number of nitrogens with one attached hydrogen (secondary N) is 4. The Balaban J connectivity index is 1.65. The molecule has 0 aliphatic carbocycles. The number of rotatable bonds is 15. The Labute approximate surface area is 228 Å². The number of fused-ring (bicyclic) bond motifs is 1. The zero-order valence-electron chi connectivity index (χ0n) is 22.2.